The van der Waals surface area contributed by atoms with Gasteiger partial charge in [0.15, 0.2) is 0 Å². The molecule has 0 aliphatic carbocycles. The average molecular weight is 261 g/mol. The van der Waals surface area contributed by atoms with Gasteiger partial charge in [0.25, 0.3) is 0 Å². The predicted octanol–water partition coefficient (Wildman–Crippen LogP) is 3.52. The summed E-state index contributed by atoms with van der Waals surface area (Å²) < 4.78 is 5.74. The molecule has 0 N–H and O–H groups in total. The maximum atomic E-state index is 5.74. The Hall–Kier alpha value is -2.68. The fourth-order valence-electron chi connectivity index (χ4n) is 1.86. The minimum Gasteiger partial charge on any atom is -0.489 e. The van der Waals surface area contributed by atoms with Crippen molar-refractivity contribution in [3.63, 3.8) is 0 Å². The summed E-state index contributed by atoms with van der Waals surface area (Å²) in [7, 11) is 0. The molecule has 20 heavy (non-hydrogen) atoms. The summed E-state index contributed by atoms with van der Waals surface area (Å²) in [5, 5.41) is 0. The fraction of sp³-hybridized carbons (Fsp3) is 0.0588. The molecule has 3 rings (SSSR count). The molecule has 1 aromatic heterocycles. The molecular formula is C17H13N2O. The van der Waals surface area contributed by atoms with Gasteiger partial charge >= 0.3 is 0 Å². The maximum absolute atomic E-state index is 5.74. The SMILES string of the molecule is [c]1nccnc1-c1ccc(OCc2ccccc2)cc1. The topological polar surface area (TPSA) is 35.0 Å². The Bertz CT molecular complexity index is 652. The zero-order valence-electron chi connectivity index (χ0n) is 10.9. The lowest BCUT2D eigenvalue weighted by Crippen LogP contribution is -1.94. The molecule has 1 heterocycles. The van der Waals surface area contributed by atoms with E-state index >= 15 is 0 Å². The predicted molar refractivity (Wildman–Crippen MR) is 77.1 cm³/mol. The molecule has 97 valence electrons. The normalized spacial score (nSPS) is 10.2. The first-order chi connectivity index (χ1) is 9.92. The van der Waals surface area contributed by atoms with Gasteiger partial charge in [-0.05, 0) is 29.8 Å². The van der Waals surface area contributed by atoms with Gasteiger partial charge in [-0.3, -0.25) is 9.97 Å². The van der Waals surface area contributed by atoms with E-state index in [0.29, 0.717) is 6.61 Å². The Morgan fingerprint density at radius 2 is 1.70 bits per heavy atom. The smallest absolute Gasteiger partial charge is 0.119 e. The second-order valence-corrected chi connectivity index (χ2v) is 4.32. The lowest BCUT2D eigenvalue weighted by molar-refractivity contribution is 0.306. The van der Waals surface area contributed by atoms with E-state index in [-0.39, 0.29) is 0 Å². The van der Waals surface area contributed by atoms with Crippen molar-refractivity contribution in [3.8, 4) is 17.0 Å². The number of rotatable bonds is 4. The van der Waals surface area contributed by atoms with Gasteiger partial charge in [0, 0.05) is 18.0 Å². The van der Waals surface area contributed by atoms with Crippen molar-refractivity contribution < 1.29 is 4.74 Å². The van der Waals surface area contributed by atoms with Crippen molar-refractivity contribution in [3.05, 3.63) is 78.8 Å². The van der Waals surface area contributed by atoms with Crippen LogP contribution in [0, 0.1) is 6.20 Å². The van der Waals surface area contributed by atoms with Gasteiger partial charge in [-0.2, -0.15) is 0 Å². The van der Waals surface area contributed by atoms with E-state index < -0.39 is 0 Å². The summed E-state index contributed by atoms with van der Waals surface area (Å²) in [6.07, 6.45) is 6.13. The van der Waals surface area contributed by atoms with Gasteiger partial charge in [0.1, 0.15) is 18.6 Å². The highest BCUT2D eigenvalue weighted by atomic mass is 16.5. The summed E-state index contributed by atoms with van der Waals surface area (Å²) >= 11 is 0. The maximum Gasteiger partial charge on any atom is 0.119 e. The van der Waals surface area contributed by atoms with Crippen LogP contribution in [0.15, 0.2) is 67.0 Å². The molecular weight excluding hydrogens is 248 g/mol. The van der Waals surface area contributed by atoms with Crippen LogP contribution in [0.3, 0.4) is 0 Å². The van der Waals surface area contributed by atoms with Gasteiger partial charge in [-0.25, -0.2) is 0 Å². The molecule has 0 aliphatic heterocycles. The molecule has 0 bridgehead atoms. The van der Waals surface area contributed by atoms with E-state index in [9.17, 15) is 0 Å². The largest absolute Gasteiger partial charge is 0.489 e. The van der Waals surface area contributed by atoms with Crippen LogP contribution in [0.5, 0.6) is 5.75 Å². The highest BCUT2D eigenvalue weighted by Gasteiger charge is 2.00. The standard InChI is InChI=1S/C17H13N2O/c1-2-4-14(5-3-1)13-20-16-8-6-15(7-9-16)17-12-18-10-11-19-17/h1-11H,13H2. The molecule has 0 amide bonds. The minimum absolute atomic E-state index is 0.567. The first-order valence-corrected chi connectivity index (χ1v) is 6.38. The number of aromatic nitrogens is 2. The fourth-order valence-corrected chi connectivity index (χ4v) is 1.86. The molecule has 1 radical (unpaired) electrons. The average Bonchev–Trinajstić information content (AvgIpc) is 2.55. The van der Waals surface area contributed by atoms with Crippen LogP contribution in [0.1, 0.15) is 5.56 Å². The molecule has 3 heteroatoms. The molecule has 0 spiro atoms. The molecule has 0 fully saturated rings. The minimum atomic E-state index is 0.567. The Morgan fingerprint density at radius 1 is 0.900 bits per heavy atom. The van der Waals surface area contributed by atoms with Gasteiger partial charge in [0.05, 0.1) is 5.69 Å². The molecule has 0 aliphatic rings. The van der Waals surface area contributed by atoms with Crippen molar-refractivity contribution in [2.75, 3.05) is 0 Å². The summed E-state index contributed by atoms with van der Waals surface area (Å²) in [6, 6.07) is 17.9. The Labute approximate surface area is 117 Å². The van der Waals surface area contributed by atoms with E-state index in [1.807, 2.05) is 54.6 Å². The molecule has 3 nitrogen and oxygen atoms in total. The molecule has 0 unspecified atom stereocenters. The van der Waals surface area contributed by atoms with Gasteiger partial charge in [-0.15, -0.1) is 0 Å². The lowest BCUT2D eigenvalue weighted by atomic mass is 10.1. The Balaban J connectivity index is 1.68. The lowest BCUT2D eigenvalue weighted by Gasteiger charge is -2.07. The van der Waals surface area contributed by atoms with Crippen LogP contribution >= 0.6 is 0 Å². The molecule has 3 aromatic rings. The third-order valence-corrected chi connectivity index (χ3v) is 2.89. The second kappa shape index (κ2) is 5.97. The molecule has 0 saturated carbocycles. The van der Waals surface area contributed by atoms with Crippen LogP contribution < -0.4 is 4.74 Å². The highest BCUT2D eigenvalue weighted by Crippen LogP contribution is 2.20. The molecule has 0 saturated heterocycles. The number of benzene rings is 2. The van der Waals surface area contributed by atoms with Crippen LogP contribution in [-0.4, -0.2) is 9.97 Å². The Kier molecular flexibility index (Phi) is 3.69. The number of hydrogen-bond acceptors (Lipinski definition) is 3. The van der Waals surface area contributed by atoms with E-state index in [1.165, 1.54) is 0 Å². The van der Waals surface area contributed by atoms with E-state index in [0.717, 1.165) is 22.6 Å². The third-order valence-electron chi connectivity index (χ3n) is 2.89. The monoisotopic (exact) mass is 261 g/mol. The van der Waals surface area contributed by atoms with Gasteiger partial charge in [0.2, 0.25) is 0 Å². The van der Waals surface area contributed by atoms with Crippen LogP contribution in [0.4, 0.5) is 0 Å². The first kappa shape index (κ1) is 12.4. The van der Waals surface area contributed by atoms with Crippen molar-refractivity contribution in [2.45, 2.75) is 6.61 Å². The quantitative estimate of drug-likeness (QED) is 0.720. The number of hydrogen-bond donors (Lipinski definition) is 0. The van der Waals surface area contributed by atoms with E-state index in [4.69, 9.17) is 4.74 Å². The summed E-state index contributed by atoms with van der Waals surface area (Å²) in [5.41, 5.74) is 2.87. The van der Waals surface area contributed by atoms with Crippen molar-refractivity contribution in [1.82, 2.24) is 9.97 Å². The Morgan fingerprint density at radius 3 is 2.40 bits per heavy atom. The zero-order valence-corrected chi connectivity index (χ0v) is 10.9. The first-order valence-electron chi connectivity index (χ1n) is 6.38. The van der Waals surface area contributed by atoms with Gasteiger partial charge in [-0.1, -0.05) is 30.3 Å². The number of nitrogens with zero attached hydrogens (tertiary/aromatic N) is 2. The van der Waals surface area contributed by atoms with Crippen molar-refractivity contribution in [2.24, 2.45) is 0 Å². The van der Waals surface area contributed by atoms with Crippen LogP contribution in [0.25, 0.3) is 11.3 Å². The number of ether oxygens (including phenoxy) is 1. The highest BCUT2D eigenvalue weighted by molar-refractivity contribution is 5.58. The van der Waals surface area contributed by atoms with Gasteiger partial charge < -0.3 is 4.74 Å². The molecule has 0 atom stereocenters. The van der Waals surface area contributed by atoms with Crippen molar-refractivity contribution in [1.29, 1.82) is 0 Å². The van der Waals surface area contributed by atoms with Crippen LogP contribution in [0.2, 0.25) is 0 Å². The summed E-state index contributed by atoms with van der Waals surface area (Å²) in [4.78, 5) is 8.15. The summed E-state index contributed by atoms with van der Waals surface area (Å²) in [5.74, 6) is 0.835. The zero-order chi connectivity index (χ0) is 13.6. The van der Waals surface area contributed by atoms with Crippen molar-refractivity contribution >= 4 is 0 Å². The van der Waals surface area contributed by atoms with E-state index in [2.05, 4.69) is 16.2 Å². The van der Waals surface area contributed by atoms with E-state index in [1.54, 1.807) is 12.4 Å². The summed E-state index contributed by atoms with van der Waals surface area (Å²) in [6.45, 7) is 0.567. The second-order valence-electron chi connectivity index (χ2n) is 4.32. The molecule has 2 aromatic carbocycles. The third kappa shape index (κ3) is 3.01. The van der Waals surface area contributed by atoms with Crippen LogP contribution in [-0.2, 0) is 6.61 Å².